The van der Waals surface area contributed by atoms with Gasteiger partial charge < -0.3 is 10.1 Å². The molecule has 1 unspecified atom stereocenters. The van der Waals surface area contributed by atoms with Crippen LogP contribution in [0, 0.1) is 5.92 Å². The van der Waals surface area contributed by atoms with Crippen molar-refractivity contribution in [3.63, 3.8) is 0 Å². The van der Waals surface area contributed by atoms with Crippen molar-refractivity contribution in [1.82, 2.24) is 10.2 Å². The van der Waals surface area contributed by atoms with Gasteiger partial charge in [0.05, 0.1) is 6.04 Å². The number of carbonyl (C=O) groups is 2. The maximum Gasteiger partial charge on any atom is 0.237 e. The maximum atomic E-state index is 11.7. The Balaban J connectivity index is 2.37. The zero-order valence-corrected chi connectivity index (χ0v) is 9.82. The van der Waals surface area contributed by atoms with Crippen molar-refractivity contribution < 1.29 is 9.59 Å². The van der Waals surface area contributed by atoms with Crippen LogP contribution in [0.1, 0.15) is 19.8 Å². The molecule has 4 heteroatoms. The molecule has 1 fully saturated rings. The van der Waals surface area contributed by atoms with Gasteiger partial charge >= 0.3 is 0 Å². The zero-order valence-electron chi connectivity index (χ0n) is 9.82. The second kappa shape index (κ2) is 6.43. The molecule has 0 saturated carbocycles. The lowest BCUT2D eigenvalue weighted by molar-refractivity contribution is -0.126. The van der Waals surface area contributed by atoms with Crippen molar-refractivity contribution in [2.75, 3.05) is 19.6 Å². The third kappa shape index (κ3) is 3.45. The first-order valence-electron chi connectivity index (χ1n) is 5.77. The Morgan fingerprint density at radius 1 is 1.56 bits per heavy atom. The predicted molar refractivity (Wildman–Crippen MR) is 63.0 cm³/mol. The highest BCUT2D eigenvalue weighted by atomic mass is 16.2. The maximum absolute atomic E-state index is 11.7. The third-order valence-corrected chi connectivity index (χ3v) is 3.11. The highest BCUT2D eigenvalue weighted by molar-refractivity contribution is 5.81. The van der Waals surface area contributed by atoms with E-state index in [-0.39, 0.29) is 17.9 Å². The summed E-state index contributed by atoms with van der Waals surface area (Å²) in [6.45, 7) is 7.62. The summed E-state index contributed by atoms with van der Waals surface area (Å²) in [6, 6.07) is -0.118. The van der Waals surface area contributed by atoms with Gasteiger partial charge in [-0.3, -0.25) is 9.69 Å². The molecule has 0 aromatic heterocycles. The van der Waals surface area contributed by atoms with Crippen LogP contribution in [0.2, 0.25) is 0 Å². The molecule has 0 aromatic carbocycles. The van der Waals surface area contributed by atoms with Crippen molar-refractivity contribution in [2.24, 2.45) is 5.92 Å². The molecule has 1 aliphatic rings. The summed E-state index contributed by atoms with van der Waals surface area (Å²) in [5.74, 6) is 0.212. The minimum Gasteiger partial charge on any atom is -0.351 e. The summed E-state index contributed by atoms with van der Waals surface area (Å²) in [7, 11) is 0. The molecule has 1 atom stereocenters. The first-order chi connectivity index (χ1) is 7.69. The van der Waals surface area contributed by atoms with E-state index in [1.165, 1.54) is 0 Å². The molecule has 1 rings (SSSR count). The summed E-state index contributed by atoms with van der Waals surface area (Å²) in [5, 5.41) is 2.79. The van der Waals surface area contributed by atoms with Crippen molar-refractivity contribution >= 4 is 12.2 Å². The fraction of sp³-hybridized carbons (Fsp3) is 0.667. The van der Waals surface area contributed by atoms with Gasteiger partial charge in [-0.25, -0.2) is 0 Å². The summed E-state index contributed by atoms with van der Waals surface area (Å²) in [4.78, 5) is 24.4. The number of nitrogens with zero attached hydrogens (tertiary/aromatic N) is 1. The Morgan fingerprint density at radius 2 is 2.19 bits per heavy atom. The van der Waals surface area contributed by atoms with Crippen LogP contribution in [0.15, 0.2) is 12.7 Å². The van der Waals surface area contributed by atoms with Crippen molar-refractivity contribution in [2.45, 2.75) is 25.8 Å². The van der Waals surface area contributed by atoms with E-state index in [1.807, 2.05) is 6.92 Å². The van der Waals surface area contributed by atoms with Gasteiger partial charge in [0.1, 0.15) is 6.29 Å². The first-order valence-corrected chi connectivity index (χ1v) is 5.77. The predicted octanol–water partition coefficient (Wildman–Crippen LogP) is 0.588. The average molecular weight is 224 g/mol. The molecule has 4 nitrogen and oxygen atoms in total. The van der Waals surface area contributed by atoms with Gasteiger partial charge in [0.15, 0.2) is 0 Å². The quantitative estimate of drug-likeness (QED) is 0.549. The molecule has 1 saturated heterocycles. The molecule has 90 valence electrons. The van der Waals surface area contributed by atoms with Crippen molar-refractivity contribution in [3.05, 3.63) is 12.7 Å². The van der Waals surface area contributed by atoms with Crippen LogP contribution in [0.25, 0.3) is 0 Å². The highest BCUT2D eigenvalue weighted by Gasteiger charge is 2.25. The Labute approximate surface area is 96.7 Å². The smallest absolute Gasteiger partial charge is 0.237 e. The van der Waals surface area contributed by atoms with E-state index >= 15 is 0 Å². The van der Waals surface area contributed by atoms with Crippen LogP contribution >= 0.6 is 0 Å². The Bertz CT molecular complexity index is 258. The largest absolute Gasteiger partial charge is 0.351 e. The number of aldehydes is 1. The summed E-state index contributed by atoms with van der Waals surface area (Å²) in [6.07, 6.45) is 4.42. The van der Waals surface area contributed by atoms with E-state index in [0.29, 0.717) is 6.54 Å². The van der Waals surface area contributed by atoms with E-state index in [2.05, 4.69) is 16.8 Å². The van der Waals surface area contributed by atoms with Crippen LogP contribution in [-0.4, -0.2) is 42.8 Å². The second-order valence-electron chi connectivity index (χ2n) is 4.22. The van der Waals surface area contributed by atoms with Gasteiger partial charge in [0.25, 0.3) is 0 Å². The van der Waals surface area contributed by atoms with Crippen LogP contribution < -0.4 is 5.32 Å². The van der Waals surface area contributed by atoms with Gasteiger partial charge in [0.2, 0.25) is 5.91 Å². The van der Waals surface area contributed by atoms with Crippen molar-refractivity contribution in [1.29, 1.82) is 0 Å². The Kier molecular flexibility index (Phi) is 5.19. The van der Waals surface area contributed by atoms with Gasteiger partial charge in [-0.05, 0) is 32.9 Å². The van der Waals surface area contributed by atoms with Gasteiger partial charge in [0, 0.05) is 12.5 Å². The van der Waals surface area contributed by atoms with Crippen LogP contribution in [-0.2, 0) is 9.59 Å². The number of amides is 1. The molecule has 1 amide bonds. The Morgan fingerprint density at radius 3 is 2.69 bits per heavy atom. The number of rotatable bonds is 5. The molecule has 16 heavy (non-hydrogen) atoms. The minimum atomic E-state index is -0.118. The number of piperidine rings is 1. The fourth-order valence-corrected chi connectivity index (χ4v) is 1.93. The van der Waals surface area contributed by atoms with E-state index in [0.717, 1.165) is 32.2 Å². The molecule has 1 N–H and O–H groups in total. The van der Waals surface area contributed by atoms with Crippen LogP contribution in [0.5, 0.6) is 0 Å². The average Bonchev–Trinajstić information content (AvgIpc) is 2.35. The van der Waals surface area contributed by atoms with E-state index in [4.69, 9.17) is 0 Å². The number of carbonyl (C=O) groups excluding carboxylic acids is 2. The SMILES string of the molecule is C=CCNC(=O)C(C)N1CCC(C=O)CC1. The minimum absolute atomic E-state index is 0.0319. The monoisotopic (exact) mass is 224 g/mol. The normalized spacial score (nSPS) is 20.1. The number of nitrogens with one attached hydrogen (secondary N) is 1. The molecule has 0 aromatic rings. The lowest BCUT2D eigenvalue weighted by Gasteiger charge is -2.33. The zero-order chi connectivity index (χ0) is 12.0. The molecular formula is C12H20N2O2. The Hall–Kier alpha value is -1.16. The second-order valence-corrected chi connectivity index (χ2v) is 4.22. The number of hydrogen-bond acceptors (Lipinski definition) is 3. The van der Waals surface area contributed by atoms with Crippen LogP contribution in [0.3, 0.4) is 0 Å². The molecule has 0 spiro atoms. The molecular weight excluding hydrogens is 204 g/mol. The highest BCUT2D eigenvalue weighted by Crippen LogP contribution is 2.16. The van der Waals surface area contributed by atoms with Crippen molar-refractivity contribution in [3.8, 4) is 0 Å². The van der Waals surface area contributed by atoms with Gasteiger partial charge in [-0.1, -0.05) is 6.08 Å². The van der Waals surface area contributed by atoms with Gasteiger partial charge in [-0.2, -0.15) is 0 Å². The molecule has 0 bridgehead atoms. The number of likely N-dealkylation sites (tertiary alicyclic amines) is 1. The molecule has 1 aliphatic heterocycles. The van der Waals surface area contributed by atoms with Crippen LogP contribution in [0.4, 0.5) is 0 Å². The van der Waals surface area contributed by atoms with E-state index in [1.54, 1.807) is 6.08 Å². The first kappa shape index (κ1) is 12.9. The third-order valence-electron chi connectivity index (χ3n) is 3.11. The van der Waals surface area contributed by atoms with E-state index < -0.39 is 0 Å². The molecule has 0 radical (unpaired) electrons. The summed E-state index contributed by atoms with van der Waals surface area (Å²) < 4.78 is 0. The lowest BCUT2D eigenvalue weighted by atomic mass is 9.97. The molecule has 1 heterocycles. The standard InChI is InChI=1S/C12H20N2O2/c1-3-6-13-12(16)10(2)14-7-4-11(9-15)5-8-14/h3,9-11H,1,4-8H2,2H3,(H,13,16). The van der Waals surface area contributed by atoms with E-state index in [9.17, 15) is 9.59 Å². The lowest BCUT2D eigenvalue weighted by Crippen LogP contribution is -2.48. The van der Waals surface area contributed by atoms with Gasteiger partial charge in [-0.15, -0.1) is 6.58 Å². The number of hydrogen-bond donors (Lipinski definition) is 1. The fourth-order valence-electron chi connectivity index (χ4n) is 1.93. The topological polar surface area (TPSA) is 49.4 Å². The summed E-state index contributed by atoms with van der Waals surface area (Å²) >= 11 is 0. The molecule has 0 aliphatic carbocycles. The summed E-state index contributed by atoms with van der Waals surface area (Å²) in [5.41, 5.74) is 0.